The van der Waals surface area contributed by atoms with Crippen molar-refractivity contribution in [1.82, 2.24) is 14.1 Å². The number of nitrogens with one attached hydrogen (secondary N) is 2. The van der Waals surface area contributed by atoms with Crippen LogP contribution < -0.4 is 19.5 Å². The van der Waals surface area contributed by atoms with Gasteiger partial charge in [0.25, 0.3) is 0 Å². The second kappa shape index (κ2) is 10.6. The van der Waals surface area contributed by atoms with Crippen LogP contribution in [0.2, 0.25) is 0 Å². The van der Waals surface area contributed by atoms with E-state index in [-0.39, 0.29) is 10.9 Å². The van der Waals surface area contributed by atoms with E-state index >= 15 is 0 Å². The van der Waals surface area contributed by atoms with Gasteiger partial charge in [-0.05, 0) is 55.3 Å². The highest BCUT2D eigenvalue weighted by molar-refractivity contribution is 7.89. The number of methoxy groups -OCH3 is 2. The summed E-state index contributed by atoms with van der Waals surface area (Å²) in [6.07, 6.45) is 1.22. The van der Waals surface area contributed by atoms with Gasteiger partial charge in [-0.1, -0.05) is 12.1 Å². The Morgan fingerprint density at radius 3 is 2.52 bits per heavy atom. The van der Waals surface area contributed by atoms with E-state index in [4.69, 9.17) is 9.47 Å². The summed E-state index contributed by atoms with van der Waals surface area (Å²) in [6.45, 7) is 2.40. The van der Waals surface area contributed by atoms with Crippen molar-refractivity contribution < 1.29 is 17.9 Å². The molecule has 1 unspecified atom stereocenters. The van der Waals surface area contributed by atoms with Crippen LogP contribution in [0.3, 0.4) is 0 Å². The third-order valence-corrected chi connectivity index (χ3v) is 6.86. The third kappa shape index (κ3) is 6.65. The molecule has 0 aliphatic rings. The number of ether oxygens (including phenoxy) is 2. The van der Waals surface area contributed by atoms with E-state index in [9.17, 15) is 8.42 Å². The second-order valence-corrected chi connectivity index (χ2v) is 9.42. The summed E-state index contributed by atoms with van der Waals surface area (Å²) in [4.78, 5) is 4.71. The van der Waals surface area contributed by atoms with Crippen molar-refractivity contribution in [2.45, 2.75) is 30.7 Å². The Morgan fingerprint density at radius 1 is 1.06 bits per heavy atom. The Hall–Kier alpha value is -2.69. The molecule has 8 nitrogen and oxygen atoms in total. The molecule has 1 atom stereocenters. The number of nitrogens with zero attached hydrogens (tertiary/aromatic N) is 2. The van der Waals surface area contributed by atoms with Crippen molar-refractivity contribution in [3.63, 3.8) is 0 Å². The first kappa shape index (κ1) is 23.0. The van der Waals surface area contributed by atoms with Crippen molar-refractivity contribution >= 4 is 26.7 Å². The fourth-order valence-electron chi connectivity index (χ4n) is 2.90. The topological polar surface area (TPSA) is 102 Å². The molecule has 3 rings (SSSR count). The second-order valence-electron chi connectivity index (χ2n) is 6.96. The van der Waals surface area contributed by atoms with Crippen molar-refractivity contribution in [3.05, 3.63) is 59.9 Å². The average Bonchev–Trinajstić information content (AvgIpc) is 3.20. The number of rotatable bonds is 11. The van der Waals surface area contributed by atoms with Crippen molar-refractivity contribution in [3.8, 4) is 11.5 Å². The maximum absolute atomic E-state index is 12.5. The predicted molar refractivity (Wildman–Crippen MR) is 122 cm³/mol. The van der Waals surface area contributed by atoms with Gasteiger partial charge in [-0.3, -0.25) is 0 Å². The van der Waals surface area contributed by atoms with Crippen LogP contribution in [-0.2, 0) is 16.4 Å². The Labute approximate surface area is 186 Å². The molecule has 0 aliphatic carbocycles. The molecule has 10 heteroatoms. The molecule has 0 bridgehead atoms. The lowest BCUT2D eigenvalue weighted by Crippen LogP contribution is -2.33. The molecule has 166 valence electrons. The van der Waals surface area contributed by atoms with Gasteiger partial charge in [0, 0.05) is 30.5 Å². The van der Waals surface area contributed by atoms with Gasteiger partial charge >= 0.3 is 0 Å². The van der Waals surface area contributed by atoms with Gasteiger partial charge in [-0.2, -0.15) is 4.37 Å². The van der Waals surface area contributed by atoms with E-state index in [1.54, 1.807) is 19.2 Å². The first-order valence-corrected chi connectivity index (χ1v) is 12.0. The van der Waals surface area contributed by atoms with Crippen LogP contribution in [0.5, 0.6) is 11.5 Å². The fraction of sp³-hybridized carbons (Fsp3) is 0.333. The summed E-state index contributed by atoms with van der Waals surface area (Å²) in [5.41, 5.74) is 1.07. The van der Waals surface area contributed by atoms with E-state index in [2.05, 4.69) is 19.4 Å². The number of aromatic nitrogens is 2. The summed E-state index contributed by atoms with van der Waals surface area (Å²) >= 11 is 1.29. The largest absolute Gasteiger partial charge is 0.497 e. The minimum atomic E-state index is -3.58. The van der Waals surface area contributed by atoms with E-state index in [1.807, 2.05) is 31.2 Å². The van der Waals surface area contributed by atoms with Crippen LogP contribution in [0.1, 0.15) is 24.7 Å². The average molecular weight is 463 g/mol. The van der Waals surface area contributed by atoms with Gasteiger partial charge in [0.1, 0.15) is 17.3 Å². The molecule has 0 spiro atoms. The zero-order chi connectivity index (χ0) is 22.3. The highest BCUT2D eigenvalue weighted by Gasteiger charge is 2.17. The summed E-state index contributed by atoms with van der Waals surface area (Å²) in [5, 5.41) is 3.92. The van der Waals surface area contributed by atoms with E-state index in [1.165, 1.54) is 30.8 Å². The molecular formula is C21H26N4O4S2. The first-order chi connectivity index (χ1) is 14.9. The molecule has 0 saturated heterocycles. The van der Waals surface area contributed by atoms with E-state index < -0.39 is 10.0 Å². The number of hydrogen-bond donors (Lipinski definition) is 2. The minimum absolute atomic E-state index is 0.208. The molecule has 2 N–H and O–H groups in total. The lowest BCUT2D eigenvalue weighted by molar-refractivity contribution is 0.414. The zero-order valence-corrected chi connectivity index (χ0v) is 19.3. The highest BCUT2D eigenvalue weighted by atomic mass is 32.2. The van der Waals surface area contributed by atoms with E-state index in [0.29, 0.717) is 30.3 Å². The predicted octanol–water partition coefficient (Wildman–Crippen LogP) is 3.32. The normalized spacial score (nSPS) is 12.4. The van der Waals surface area contributed by atoms with Gasteiger partial charge < -0.3 is 14.8 Å². The van der Waals surface area contributed by atoms with Crippen molar-refractivity contribution in [1.29, 1.82) is 0 Å². The number of hydrogen-bond acceptors (Lipinski definition) is 8. The maximum Gasteiger partial charge on any atom is 0.240 e. The monoisotopic (exact) mass is 462 g/mol. The molecule has 0 amide bonds. The van der Waals surface area contributed by atoms with Crippen molar-refractivity contribution in [2.75, 3.05) is 26.1 Å². The Balaban J connectivity index is 1.47. The number of anilines is 1. The Bertz CT molecular complexity index is 1080. The van der Waals surface area contributed by atoms with Gasteiger partial charge in [0.15, 0.2) is 0 Å². The molecule has 3 aromatic rings. The summed E-state index contributed by atoms with van der Waals surface area (Å²) in [6, 6.07) is 13.9. The molecule has 2 aromatic carbocycles. The molecule has 0 saturated carbocycles. The lowest BCUT2D eigenvalue weighted by atomic mass is 10.1. The van der Waals surface area contributed by atoms with Gasteiger partial charge in [0.2, 0.25) is 15.2 Å². The minimum Gasteiger partial charge on any atom is -0.497 e. The number of sulfonamides is 1. The molecule has 31 heavy (non-hydrogen) atoms. The quantitative estimate of drug-likeness (QED) is 0.451. The van der Waals surface area contributed by atoms with Crippen LogP contribution in [0.15, 0.2) is 53.4 Å². The Morgan fingerprint density at radius 2 is 1.81 bits per heavy atom. The smallest absolute Gasteiger partial charge is 0.240 e. The van der Waals surface area contributed by atoms with Crippen molar-refractivity contribution in [2.24, 2.45) is 0 Å². The summed E-state index contributed by atoms with van der Waals surface area (Å²) in [7, 11) is -0.407. The molecule has 0 aliphatic heterocycles. The van der Waals surface area contributed by atoms with Crippen LogP contribution in [-0.4, -0.2) is 44.6 Å². The number of benzene rings is 2. The summed E-state index contributed by atoms with van der Waals surface area (Å²) < 4.78 is 42.4. The zero-order valence-electron chi connectivity index (χ0n) is 17.7. The first-order valence-electron chi connectivity index (χ1n) is 9.75. The standard InChI is InChI=1S/C21H26N4O4S2/c1-15(25-31(26,27)19-9-7-17(28-2)8-10-19)11-12-22-21-23-20(24-30-21)14-16-5-4-6-18(13-16)29-3/h4-10,13,15,25H,11-12,14H2,1-3H3,(H,22,23,24). The molecule has 1 heterocycles. The fourth-order valence-corrected chi connectivity index (χ4v) is 4.79. The van der Waals surface area contributed by atoms with Crippen LogP contribution in [0.25, 0.3) is 0 Å². The molecule has 0 fully saturated rings. The maximum atomic E-state index is 12.5. The van der Waals surface area contributed by atoms with Crippen LogP contribution in [0, 0.1) is 0 Å². The highest BCUT2D eigenvalue weighted by Crippen LogP contribution is 2.18. The van der Waals surface area contributed by atoms with Gasteiger partial charge in [0.05, 0.1) is 19.1 Å². The van der Waals surface area contributed by atoms with Gasteiger partial charge in [-0.25, -0.2) is 18.1 Å². The molecule has 0 radical (unpaired) electrons. The van der Waals surface area contributed by atoms with Gasteiger partial charge in [-0.15, -0.1) is 0 Å². The molecular weight excluding hydrogens is 436 g/mol. The van der Waals surface area contributed by atoms with E-state index in [0.717, 1.165) is 17.1 Å². The lowest BCUT2D eigenvalue weighted by Gasteiger charge is -2.14. The van der Waals surface area contributed by atoms with Crippen LogP contribution >= 0.6 is 11.5 Å². The summed E-state index contributed by atoms with van der Waals surface area (Å²) in [5.74, 6) is 2.14. The third-order valence-electron chi connectivity index (χ3n) is 4.54. The van der Waals surface area contributed by atoms with Crippen LogP contribution in [0.4, 0.5) is 5.13 Å². The SMILES string of the molecule is COc1ccc(S(=O)(=O)NC(C)CCNc2nc(Cc3cccc(OC)c3)ns2)cc1. The Kier molecular flexibility index (Phi) is 7.83. The molecule has 1 aromatic heterocycles.